The number of hydrogen-bond acceptors (Lipinski definition) is 5. The van der Waals surface area contributed by atoms with E-state index in [1.807, 2.05) is 24.3 Å². The Labute approximate surface area is 169 Å². The fourth-order valence-corrected chi connectivity index (χ4v) is 5.69. The summed E-state index contributed by atoms with van der Waals surface area (Å²) in [6, 6.07) is 8.10. The minimum absolute atomic E-state index is 0.0615. The number of carbonyl (C=O) groups excluding carboxylic acids is 1. The van der Waals surface area contributed by atoms with Crippen molar-refractivity contribution in [2.24, 2.45) is 11.8 Å². The Morgan fingerprint density at radius 3 is 2.29 bits per heavy atom. The zero-order valence-electron chi connectivity index (χ0n) is 17.0. The molecule has 1 unspecified atom stereocenters. The van der Waals surface area contributed by atoms with E-state index in [2.05, 4.69) is 4.90 Å². The second kappa shape index (κ2) is 8.95. The average molecular weight is 408 g/mol. The van der Waals surface area contributed by atoms with Crippen molar-refractivity contribution in [1.29, 1.82) is 0 Å². The number of β-amino-alcohol motifs (C(OH)–C–C–N with tert-alkyl or cyclic N) is 1. The van der Waals surface area contributed by atoms with Crippen molar-refractivity contribution in [2.75, 3.05) is 23.7 Å². The van der Waals surface area contributed by atoms with Gasteiger partial charge in [-0.15, -0.1) is 0 Å². The second-order valence-electron chi connectivity index (χ2n) is 8.79. The smallest absolute Gasteiger partial charge is 0.152 e. The van der Waals surface area contributed by atoms with E-state index in [9.17, 15) is 18.3 Å². The highest BCUT2D eigenvalue weighted by Gasteiger charge is 2.30. The summed E-state index contributed by atoms with van der Waals surface area (Å²) >= 11 is 0. The molecule has 0 bridgehead atoms. The maximum absolute atomic E-state index is 12.7. The van der Waals surface area contributed by atoms with E-state index in [4.69, 9.17) is 0 Å². The number of hydrogen-bond donors (Lipinski definition) is 1. The monoisotopic (exact) mass is 407 g/mol. The van der Waals surface area contributed by atoms with Crippen LogP contribution in [0.2, 0.25) is 0 Å². The zero-order valence-corrected chi connectivity index (χ0v) is 17.8. The van der Waals surface area contributed by atoms with Gasteiger partial charge in [0.05, 0.1) is 17.1 Å². The van der Waals surface area contributed by atoms with Crippen LogP contribution in [0, 0.1) is 11.8 Å². The molecule has 0 spiro atoms. The van der Waals surface area contributed by atoms with Gasteiger partial charge in [-0.2, -0.15) is 0 Å². The lowest BCUT2D eigenvalue weighted by molar-refractivity contribution is -0.123. The quantitative estimate of drug-likeness (QED) is 0.752. The zero-order chi connectivity index (χ0) is 20.3. The van der Waals surface area contributed by atoms with Gasteiger partial charge in [0.15, 0.2) is 9.84 Å². The van der Waals surface area contributed by atoms with Crippen LogP contribution in [0.3, 0.4) is 0 Å². The van der Waals surface area contributed by atoms with Gasteiger partial charge in [0, 0.05) is 31.1 Å². The van der Waals surface area contributed by atoms with Gasteiger partial charge in [-0.25, -0.2) is 8.42 Å². The molecule has 156 valence electrons. The molecule has 2 aliphatic rings. The van der Waals surface area contributed by atoms with Crippen molar-refractivity contribution < 1.29 is 18.3 Å². The Hall–Kier alpha value is -1.40. The van der Waals surface area contributed by atoms with Gasteiger partial charge in [-0.05, 0) is 69.6 Å². The molecule has 0 amide bonds. The minimum atomic E-state index is -3.00. The summed E-state index contributed by atoms with van der Waals surface area (Å²) in [6.07, 6.45) is 4.29. The van der Waals surface area contributed by atoms with Crippen LogP contribution in [0.5, 0.6) is 0 Å². The number of rotatable bonds is 7. The summed E-state index contributed by atoms with van der Waals surface area (Å²) < 4.78 is 24.2. The topological polar surface area (TPSA) is 74.7 Å². The first-order valence-corrected chi connectivity index (χ1v) is 12.2. The highest BCUT2D eigenvalue weighted by Crippen LogP contribution is 2.32. The van der Waals surface area contributed by atoms with E-state index in [0.29, 0.717) is 13.0 Å². The molecule has 6 heteroatoms. The van der Waals surface area contributed by atoms with Crippen LogP contribution in [0.25, 0.3) is 0 Å². The number of benzene rings is 1. The van der Waals surface area contributed by atoms with Crippen LogP contribution in [0.4, 0.5) is 5.69 Å². The fraction of sp³-hybridized carbons (Fsp3) is 0.682. The van der Waals surface area contributed by atoms with Crippen LogP contribution in [-0.2, 0) is 21.1 Å². The number of anilines is 1. The van der Waals surface area contributed by atoms with Crippen LogP contribution < -0.4 is 4.90 Å². The van der Waals surface area contributed by atoms with Gasteiger partial charge in [-0.3, -0.25) is 4.79 Å². The average Bonchev–Trinajstić information content (AvgIpc) is 3.09. The first-order chi connectivity index (χ1) is 13.2. The van der Waals surface area contributed by atoms with Crippen LogP contribution in [-0.4, -0.2) is 49.5 Å². The number of carbonyl (C=O) groups is 1. The Kier molecular flexibility index (Phi) is 6.81. The molecule has 5 nitrogen and oxygen atoms in total. The maximum Gasteiger partial charge on any atom is 0.152 e. The molecule has 1 aliphatic carbocycles. The maximum atomic E-state index is 12.7. The molecule has 1 N–H and O–H groups in total. The molecule has 1 aromatic rings. The molecular weight excluding hydrogens is 374 g/mol. The Morgan fingerprint density at radius 1 is 1.11 bits per heavy atom. The Morgan fingerprint density at radius 2 is 1.75 bits per heavy atom. The van der Waals surface area contributed by atoms with E-state index in [1.165, 1.54) is 0 Å². The van der Waals surface area contributed by atoms with Crippen molar-refractivity contribution >= 4 is 21.3 Å². The van der Waals surface area contributed by atoms with Crippen molar-refractivity contribution in [3.8, 4) is 0 Å². The summed E-state index contributed by atoms with van der Waals surface area (Å²) in [7, 11) is -3.00. The standard InChI is InChI=1S/C22H33NO4S/c1-16(2)28(26,27)15-18-3-7-19(8-4-18)22(25)13-17-5-9-20(10-6-17)23-12-11-21(24)14-23/h5-6,9-10,16,18-19,21,24H,3-4,7-8,11-15H2,1-2H3. The van der Waals surface area contributed by atoms with Crippen molar-refractivity contribution in [2.45, 2.75) is 63.7 Å². The first kappa shape index (κ1) is 21.3. The third kappa shape index (κ3) is 5.35. The molecular formula is C22H33NO4S. The minimum Gasteiger partial charge on any atom is -0.391 e. The summed E-state index contributed by atoms with van der Waals surface area (Å²) in [5.41, 5.74) is 2.12. The highest BCUT2D eigenvalue weighted by atomic mass is 32.2. The normalized spacial score (nSPS) is 26.0. The predicted octanol–water partition coefficient (Wildman–Crippen LogP) is 3.00. The molecule has 2 fully saturated rings. The third-order valence-electron chi connectivity index (χ3n) is 6.33. The number of sulfone groups is 1. The highest BCUT2D eigenvalue weighted by molar-refractivity contribution is 7.91. The van der Waals surface area contributed by atoms with E-state index >= 15 is 0 Å². The van der Waals surface area contributed by atoms with Gasteiger partial charge < -0.3 is 10.0 Å². The number of aliphatic hydroxyl groups excluding tert-OH is 1. The summed E-state index contributed by atoms with van der Waals surface area (Å²) in [5, 5.41) is 9.35. The summed E-state index contributed by atoms with van der Waals surface area (Å²) in [5.74, 6) is 0.797. The molecule has 1 aliphatic heterocycles. The molecule has 1 saturated carbocycles. The number of Topliss-reactive ketones (excluding diaryl/α,β-unsaturated/α-hetero) is 1. The van der Waals surface area contributed by atoms with Gasteiger partial charge in [0.25, 0.3) is 0 Å². The van der Waals surface area contributed by atoms with Gasteiger partial charge in [0.2, 0.25) is 0 Å². The van der Waals surface area contributed by atoms with Crippen LogP contribution in [0.15, 0.2) is 24.3 Å². The molecule has 1 saturated heterocycles. The van der Waals surface area contributed by atoms with E-state index in [-0.39, 0.29) is 34.7 Å². The predicted molar refractivity (Wildman–Crippen MR) is 112 cm³/mol. The lowest BCUT2D eigenvalue weighted by Gasteiger charge is -2.28. The second-order valence-corrected chi connectivity index (χ2v) is 11.4. The molecule has 3 rings (SSSR count). The van der Waals surface area contributed by atoms with Crippen LogP contribution >= 0.6 is 0 Å². The lowest BCUT2D eigenvalue weighted by Crippen LogP contribution is -2.29. The van der Waals surface area contributed by atoms with E-state index in [0.717, 1.165) is 49.9 Å². The molecule has 0 radical (unpaired) electrons. The first-order valence-electron chi connectivity index (χ1n) is 10.5. The number of aliphatic hydroxyl groups is 1. The van der Waals surface area contributed by atoms with Crippen molar-refractivity contribution in [3.63, 3.8) is 0 Å². The summed E-state index contributed by atoms with van der Waals surface area (Å²) in [4.78, 5) is 14.9. The molecule has 1 aromatic carbocycles. The number of nitrogens with zero attached hydrogens (tertiary/aromatic N) is 1. The third-order valence-corrected chi connectivity index (χ3v) is 8.70. The lowest BCUT2D eigenvalue weighted by atomic mass is 9.79. The van der Waals surface area contributed by atoms with Gasteiger partial charge in [0.1, 0.15) is 5.78 Å². The largest absolute Gasteiger partial charge is 0.391 e. The molecule has 1 atom stereocenters. The Balaban J connectivity index is 1.48. The van der Waals surface area contributed by atoms with E-state index in [1.54, 1.807) is 13.8 Å². The molecule has 28 heavy (non-hydrogen) atoms. The van der Waals surface area contributed by atoms with Crippen molar-refractivity contribution in [1.82, 2.24) is 0 Å². The fourth-order valence-electron chi connectivity index (χ4n) is 4.32. The van der Waals surface area contributed by atoms with Crippen molar-refractivity contribution in [3.05, 3.63) is 29.8 Å². The van der Waals surface area contributed by atoms with E-state index < -0.39 is 9.84 Å². The molecule has 0 aromatic heterocycles. The van der Waals surface area contributed by atoms with Gasteiger partial charge in [-0.1, -0.05) is 12.1 Å². The number of ketones is 1. The SMILES string of the molecule is CC(C)S(=O)(=O)CC1CCC(C(=O)Cc2ccc(N3CCC(O)C3)cc2)CC1. The summed E-state index contributed by atoms with van der Waals surface area (Å²) in [6.45, 7) is 5.02. The van der Waals surface area contributed by atoms with Crippen LogP contribution in [0.1, 0.15) is 51.5 Å². The Bertz CT molecular complexity index is 764. The molecule has 1 heterocycles. The van der Waals surface area contributed by atoms with Gasteiger partial charge >= 0.3 is 0 Å².